The van der Waals surface area contributed by atoms with Gasteiger partial charge in [0, 0.05) is 30.9 Å². The summed E-state index contributed by atoms with van der Waals surface area (Å²) in [5.74, 6) is 0. The monoisotopic (exact) mass is 395 g/mol. The first-order valence-electron chi connectivity index (χ1n) is 9.81. The van der Waals surface area contributed by atoms with Crippen molar-refractivity contribution in [3.05, 3.63) is 12.4 Å². The van der Waals surface area contributed by atoms with Crippen molar-refractivity contribution in [3.63, 3.8) is 0 Å². The van der Waals surface area contributed by atoms with Gasteiger partial charge in [0.1, 0.15) is 17.8 Å². The van der Waals surface area contributed by atoms with E-state index in [0.29, 0.717) is 6.54 Å². The van der Waals surface area contributed by atoms with Crippen molar-refractivity contribution in [2.75, 3.05) is 13.1 Å². The van der Waals surface area contributed by atoms with Crippen LogP contribution < -0.4 is 5.46 Å². The molecule has 0 bridgehead atoms. The van der Waals surface area contributed by atoms with E-state index in [0.717, 1.165) is 5.46 Å². The molecule has 0 aromatic carbocycles. The molecule has 9 heteroatoms. The van der Waals surface area contributed by atoms with Crippen LogP contribution >= 0.6 is 0 Å². The molecule has 2 aliphatic heterocycles. The van der Waals surface area contributed by atoms with Crippen molar-refractivity contribution >= 4 is 18.7 Å². The van der Waals surface area contributed by atoms with Crippen LogP contribution in [0.25, 0.3) is 0 Å². The Morgan fingerprint density at radius 2 is 1.89 bits per heavy atom. The van der Waals surface area contributed by atoms with Crippen LogP contribution in [0.1, 0.15) is 60.9 Å². The number of rotatable bonds is 2. The van der Waals surface area contributed by atoms with E-state index in [1.165, 1.54) is 0 Å². The minimum atomic E-state index is -1.09. The molecule has 1 aromatic rings. The van der Waals surface area contributed by atoms with Gasteiger partial charge in [-0.1, -0.05) is 0 Å². The molecule has 3 heterocycles. The minimum absolute atomic E-state index is 0.209. The topological polar surface area (TPSA) is 65.8 Å². The van der Waals surface area contributed by atoms with Crippen molar-refractivity contribution in [2.45, 2.75) is 83.9 Å². The van der Waals surface area contributed by atoms with Crippen molar-refractivity contribution in [1.29, 1.82) is 0 Å². The van der Waals surface area contributed by atoms with Gasteiger partial charge in [-0.05, 0) is 54.9 Å². The quantitative estimate of drug-likeness (QED) is 0.721. The summed E-state index contributed by atoms with van der Waals surface area (Å²) in [7, 11) is -0.553. The third-order valence-corrected chi connectivity index (χ3v) is 5.64. The predicted octanol–water partition coefficient (Wildman–Crippen LogP) is 2.70. The van der Waals surface area contributed by atoms with Gasteiger partial charge in [-0.25, -0.2) is 9.18 Å². The van der Waals surface area contributed by atoms with Gasteiger partial charge in [-0.15, -0.1) is 0 Å². The molecule has 2 aliphatic rings. The van der Waals surface area contributed by atoms with Crippen LogP contribution in [0, 0.1) is 0 Å². The minimum Gasteiger partial charge on any atom is -0.444 e. The second-order valence-corrected chi connectivity index (χ2v) is 9.64. The van der Waals surface area contributed by atoms with E-state index in [9.17, 15) is 9.18 Å². The average molecular weight is 395 g/mol. The van der Waals surface area contributed by atoms with Crippen LogP contribution in [0.5, 0.6) is 0 Å². The maximum atomic E-state index is 14.6. The molecular weight excluding hydrogens is 364 g/mol. The fourth-order valence-corrected chi connectivity index (χ4v) is 3.28. The number of carbonyl (C=O) groups excluding carboxylic acids is 1. The summed E-state index contributed by atoms with van der Waals surface area (Å²) >= 11 is 0. The number of hydrogen-bond acceptors (Lipinski definition) is 5. The van der Waals surface area contributed by atoms with Crippen LogP contribution in [-0.2, 0) is 14.0 Å². The zero-order chi connectivity index (χ0) is 20.9. The van der Waals surface area contributed by atoms with E-state index in [1.807, 2.05) is 48.5 Å². The number of ether oxygens (including phenoxy) is 1. The average Bonchev–Trinajstić information content (AvgIpc) is 3.09. The lowest BCUT2D eigenvalue weighted by Gasteiger charge is -2.36. The van der Waals surface area contributed by atoms with Crippen molar-refractivity contribution in [1.82, 2.24) is 14.7 Å². The number of likely N-dealkylation sites (tertiary alicyclic amines) is 1. The molecule has 28 heavy (non-hydrogen) atoms. The molecule has 0 aliphatic carbocycles. The fraction of sp³-hybridized carbons (Fsp3) is 0.789. The van der Waals surface area contributed by atoms with Crippen LogP contribution in [0.4, 0.5) is 9.18 Å². The van der Waals surface area contributed by atoms with Gasteiger partial charge >= 0.3 is 13.2 Å². The Hall–Kier alpha value is -1.61. The molecule has 2 fully saturated rings. The Bertz CT molecular complexity index is 715. The molecule has 0 saturated carbocycles. The Morgan fingerprint density at radius 3 is 2.46 bits per heavy atom. The number of carbonyl (C=O) groups is 1. The fourth-order valence-electron chi connectivity index (χ4n) is 3.28. The molecule has 2 saturated heterocycles. The van der Waals surface area contributed by atoms with E-state index in [-0.39, 0.29) is 13.0 Å². The Morgan fingerprint density at radius 1 is 1.29 bits per heavy atom. The standard InChI is InChI=1S/C19H31BFN3O4/c1-17(2,3)26-16(25)23-9-8-14(21)15(12-23)24-11-13(10-22-24)20-27-18(4,5)19(6,7)28-20/h10-11,14-15H,8-9,12H2,1-7H3/t14-,15-/m1/s1. The lowest BCUT2D eigenvalue weighted by Crippen LogP contribution is -2.47. The largest absolute Gasteiger partial charge is 0.498 e. The summed E-state index contributed by atoms with van der Waals surface area (Å²) in [6.45, 7) is 13.9. The third kappa shape index (κ3) is 4.20. The Balaban J connectivity index is 1.72. The lowest BCUT2D eigenvalue weighted by atomic mass is 9.82. The maximum absolute atomic E-state index is 14.6. The molecule has 0 spiro atoms. The number of amides is 1. The number of piperidine rings is 1. The molecule has 156 valence electrons. The van der Waals surface area contributed by atoms with E-state index < -0.39 is 42.2 Å². The molecule has 3 rings (SSSR count). The molecule has 0 radical (unpaired) electrons. The predicted molar refractivity (Wildman–Crippen MR) is 104 cm³/mol. The lowest BCUT2D eigenvalue weighted by molar-refractivity contribution is 0.00578. The van der Waals surface area contributed by atoms with Gasteiger partial charge in [-0.3, -0.25) is 4.68 Å². The second kappa shape index (κ2) is 7.02. The van der Waals surface area contributed by atoms with Gasteiger partial charge in [-0.2, -0.15) is 5.10 Å². The van der Waals surface area contributed by atoms with E-state index >= 15 is 0 Å². The normalized spacial score (nSPS) is 27.1. The number of hydrogen-bond donors (Lipinski definition) is 0. The molecular formula is C19H31BFN3O4. The van der Waals surface area contributed by atoms with E-state index in [2.05, 4.69) is 5.10 Å². The number of nitrogens with zero attached hydrogens (tertiary/aromatic N) is 3. The number of alkyl halides is 1. The summed E-state index contributed by atoms with van der Waals surface area (Å²) in [5.41, 5.74) is -0.767. The van der Waals surface area contributed by atoms with Crippen LogP contribution in [-0.4, -0.2) is 64.0 Å². The Kier molecular flexibility index (Phi) is 5.29. The highest BCUT2D eigenvalue weighted by molar-refractivity contribution is 6.62. The zero-order valence-corrected chi connectivity index (χ0v) is 17.9. The molecule has 1 amide bonds. The van der Waals surface area contributed by atoms with Crippen molar-refractivity contribution in [2.24, 2.45) is 0 Å². The van der Waals surface area contributed by atoms with Gasteiger partial charge < -0.3 is 18.9 Å². The van der Waals surface area contributed by atoms with Crippen LogP contribution in [0.15, 0.2) is 12.4 Å². The molecule has 0 N–H and O–H groups in total. The summed E-state index contributed by atoms with van der Waals surface area (Å²) in [5, 5.41) is 4.34. The summed E-state index contributed by atoms with van der Waals surface area (Å²) in [6.07, 6.45) is 2.11. The molecule has 2 atom stereocenters. The van der Waals surface area contributed by atoms with Crippen LogP contribution in [0.2, 0.25) is 0 Å². The molecule has 1 aromatic heterocycles. The van der Waals surface area contributed by atoms with Gasteiger partial charge in [0.25, 0.3) is 0 Å². The van der Waals surface area contributed by atoms with E-state index in [1.54, 1.807) is 22.0 Å². The first-order valence-corrected chi connectivity index (χ1v) is 9.81. The summed E-state index contributed by atoms with van der Waals surface area (Å²) < 4.78 is 33.7. The Labute approximate surface area is 166 Å². The maximum Gasteiger partial charge on any atom is 0.498 e. The number of aromatic nitrogens is 2. The van der Waals surface area contributed by atoms with Gasteiger partial charge in [0.05, 0.1) is 11.2 Å². The first kappa shape index (κ1) is 21.1. The SMILES string of the molecule is CC(C)(C)OC(=O)N1CC[C@@H](F)[C@H](n2cc(B3OC(C)(C)C(C)(C)O3)cn2)C1. The highest BCUT2D eigenvalue weighted by atomic mass is 19.1. The smallest absolute Gasteiger partial charge is 0.444 e. The summed E-state index contributed by atoms with van der Waals surface area (Å²) in [4.78, 5) is 13.9. The third-order valence-electron chi connectivity index (χ3n) is 5.64. The summed E-state index contributed by atoms with van der Waals surface area (Å²) in [6, 6.07) is -0.572. The highest BCUT2D eigenvalue weighted by Crippen LogP contribution is 2.36. The molecule has 0 unspecified atom stereocenters. The van der Waals surface area contributed by atoms with E-state index in [4.69, 9.17) is 14.0 Å². The van der Waals surface area contributed by atoms with Crippen molar-refractivity contribution in [3.8, 4) is 0 Å². The van der Waals surface area contributed by atoms with Crippen LogP contribution in [0.3, 0.4) is 0 Å². The second-order valence-electron chi connectivity index (χ2n) is 9.64. The zero-order valence-electron chi connectivity index (χ0n) is 17.9. The molecule has 7 nitrogen and oxygen atoms in total. The highest BCUT2D eigenvalue weighted by Gasteiger charge is 2.52. The van der Waals surface area contributed by atoms with Crippen molar-refractivity contribution < 1.29 is 23.2 Å². The first-order chi connectivity index (χ1) is 12.8. The number of halogens is 1. The van der Waals surface area contributed by atoms with Gasteiger partial charge in [0.15, 0.2) is 0 Å². The van der Waals surface area contributed by atoms with Gasteiger partial charge in [0.2, 0.25) is 0 Å².